The van der Waals surface area contributed by atoms with Crippen molar-refractivity contribution in [1.29, 1.82) is 0 Å². The number of nitrogens with zero attached hydrogens (tertiary/aromatic N) is 5. The molecule has 1 saturated heterocycles. The second-order valence-electron chi connectivity index (χ2n) is 7.40. The third-order valence-corrected chi connectivity index (χ3v) is 5.74. The lowest BCUT2D eigenvalue weighted by Crippen LogP contribution is -2.49. The Hall–Kier alpha value is -3.48. The molecule has 1 aromatic carbocycles. The van der Waals surface area contributed by atoms with Gasteiger partial charge in [-0.05, 0) is 42.3 Å². The molecule has 146 valence electrons. The molecule has 0 spiro atoms. The number of carbonyl (C=O) groups is 2. The van der Waals surface area contributed by atoms with Gasteiger partial charge in [0.05, 0.1) is 18.2 Å². The zero-order valence-electron chi connectivity index (χ0n) is 16.0. The Bertz CT molecular complexity index is 1070. The molecule has 0 saturated carbocycles. The van der Waals surface area contributed by atoms with Crippen LogP contribution in [0.1, 0.15) is 32.8 Å². The van der Waals surface area contributed by atoms with Crippen LogP contribution in [0.2, 0.25) is 0 Å². The summed E-state index contributed by atoms with van der Waals surface area (Å²) in [6, 6.07) is 9.82. The number of ketones is 1. The first-order chi connectivity index (χ1) is 14.2. The fourth-order valence-corrected chi connectivity index (χ4v) is 4.13. The summed E-state index contributed by atoms with van der Waals surface area (Å²) in [5.41, 5.74) is 4.57. The molecule has 0 unspecified atom stereocenters. The number of hydrogen-bond donors (Lipinski definition) is 0. The van der Waals surface area contributed by atoms with Crippen molar-refractivity contribution in [2.24, 2.45) is 0 Å². The Labute approximate surface area is 168 Å². The fourth-order valence-electron chi connectivity index (χ4n) is 4.13. The van der Waals surface area contributed by atoms with Crippen LogP contribution in [0.15, 0.2) is 55.2 Å². The molecule has 3 aromatic rings. The van der Waals surface area contributed by atoms with E-state index in [-0.39, 0.29) is 11.7 Å². The number of aromatic nitrogens is 3. The van der Waals surface area contributed by atoms with Crippen molar-refractivity contribution in [2.45, 2.75) is 12.8 Å². The van der Waals surface area contributed by atoms with Crippen molar-refractivity contribution < 1.29 is 9.59 Å². The van der Waals surface area contributed by atoms with Crippen LogP contribution in [0.4, 0.5) is 5.69 Å². The van der Waals surface area contributed by atoms with Crippen LogP contribution in [-0.4, -0.2) is 57.3 Å². The number of pyridine rings is 1. The maximum absolute atomic E-state index is 13.1. The molecule has 0 N–H and O–H groups in total. The lowest BCUT2D eigenvalue weighted by atomic mass is 10.1. The molecule has 1 fully saturated rings. The van der Waals surface area contributed by atoms with Gasteiger partial charge in [0.15, 0.2) is 5.78 Å². The summed E-state index contributed by atoms with van der Waals surface area (Å²) in [4.78, 5) is 37.3. The van der Waals surface area contributed by atoms with Crippen LogP contribution in [0.3, 0.4) is 0 Å². The topological polar surface area (TPSA) is 71.3 Å². The normalized spacial score (nSPS) is 16.2. The van der Waals surface area contributed by atoms with Crippen LogP contribution >= 0.6 is 0 Å². The van der Waals surface area contributed by atoms with E-state index >= 15 is 0 Å². The van der Waals surface area contributed by atoms with Crippen molar-refractivity contribution in [2.75, 3.05) is 31.1 Å². The highest BCUT2D eigenvalue weighted by Crippen LogP contribution is 2.27. The number of fused-ring (bicyclic) bond motifs is 1. The predicted molar refractivity (Wildman–Crippen MR) is 109 cm³/mol. The molecule has 1 aliphatic carbocycles. The van der Waals surface area contributed by atoms with E-state index in [0.29, 0.717) is 25.2 Å². The van der Waals surface area contributed by atoms with Crippen molar-refractivity contribution in [3.8, 4) is 5.69 Å². The molecule has 0 atom stereocenters. The third-order valence-electron chi connectivity index (χ3n) is 5.74. The first-order valence-electron chi connectivity index (χ1n) is 9.84. The summed E-state index contributed by atoms with van der Waals surface area (Å²) < 4.78 is 1.80. The van der Waals surface area contributed by atoms with Gasteiger partial charge >= 0.3 is 0 Å². The zero-order chi connectivity index (χ0) is 19.8. The fraction of sp³-hybridized carbons (Fsp3) is 0.273. The number of amides is 1. The monoisotopic (exact) mass is 387 g/mol. The number of hydrogen-bond acceptors (Lipinski definition) is 5. The molecule has 1 amide bonds. The van der Waals surface area contributed by atoms with Crippen LogP contribution in [0.5, 0.6) is 0 Å². The van der Waals surface area contributed by atoms with Gasteiger partial charge in [0.25, 0.3) is 5.91 Å². The van der Waals surface area contributed by atoms with Gasteiger partial charge in [0.2, 0.25) is 0 Å². The second kappa shape index (κ2) is 7.16. The molecule has 7 heteroatoms. The average molecular weight is 387 g/mol. The van der Waals surface area contributed by atoms with Gasteiger partial charge in [-0.15, -0.1) is 0 Å². The quantitative estimate of drug-likeness (QED) is 0.690. The van der Waals surface area contributed by atoms with E-state index in [4.69, 9.17) is 0 Å². The minimum Gasteiger partial charge on any atom is -0.368 e. The summed E-state index contributed by atoms with van der Waals surface area (Å²) in [6.07, 6.45) is 8.13. The molecule has 0 radical (unpaired) electrons. The molecule has 5 rings (SSSR count). The number of carbonyl (C=O) groups excluding carboxylic acids is 2. The van der Waals surface area contributed by atoms with Gasteiger partial charge < -0.3 is 9.80 Å². The molecule has 2 aromatic heterocycles. The smallest absolute Gasteiger partial charge is 0.272 e. The maximum atomic E-state index is 13.1. The summed E-state index contributed by atoms with van der Waals surface area (Å²) in [6.45, 7) is 2.83. The molecular weight excluding hydrogens is 366 g/mol. The molecule has 2 aliphatic rings. The van der Waals surface area contributed by atoms with Crippen molar-refractivity contribution >= 4 is 17.4 Å². The molecule has 0 bridgehead atoms. The van der Waals surface area contributed by atoms with Crippen LogP contribution in [0, 0.1) is 0 Å². The molecule has 3 heterocycles. The number of benzene rings is 1. The first kappa shape index (κ1) is 17.6. The number of anilines is 1. The van der Waals surface area contributed by atoms with E-state index in [1.165, 1.54) is 0 Å². The average Bonchev–Trinajstić information content (AvgIpc) is 3.41. The van der Waals surface area contributed by atoms with E-state index in [1.807, 2.05) is 29.2 Å². The highest BCUT2D eigenvalue weighted by molar-refractivity contribution is 6.00. The molecular formula is C22H21N5O2. The SMILES string of the molecule is O=C1CCc2cc(N3CCN(C(=O)c4cncn4-c4ccncc4)CC3)ccc21. The maximum Gasteiger partial charge on any atom is 0.272 e. The Morgan fingerprint density at radius 3 is 2.48 bits per heavy atom. The van der Waals surface area contributed by atoms with E-state index in [9.17, 15) is 9.59 Å². The summed E-state index contributed by atoms with van der Waals surface area (Å²) in [5, 5.41) is 0. The standard InChI is InChI=1S/C22H21N5O2/c28-21-4-1-16-13-18(2-3-19(16)21)25-9-11-26(12-10-25)22(29)20-14-24-15-27(20)17-5-7-23-8-6-17/h2-3,5-8,13-15H,1,4,9-12H2. The Morgan fingerprint density at radius 2 is 1.69 bits per heavy atom. The Morgan fingerprint density at radius 1 is 0.897 bits per heavy atom. The highest BCUT2D eigenvalue weighted by Gasteiger charge is 2.26. The van der Waals surface area contributed by atoms with Crippen molar-refractivity contribution in [1.82, 2.24) is 19.4 Å². The first-order valence-corrected chi connectivity index (χ1v) is 9.84. The van der Waals surface area contributed by atoms with Gasteiger partial charge in [-0.3, -0.25) is 19.1 Å². The zero-order valence-corrected chi connectivity index (χ0v) is 16.0. The summed E-state index contributed by atoms with van der Waals surface area (Å²) >= 11 is 0. The van der Waals surface area contributed by atoms with E-state index < -0.39 is 0 Å². The molecule has 1 aliphatic heterocycles. The lowest BCUT2D eigenvalue weighted by molar-refractivity contribution is 0.0738. The number of imidazole rings is 1. The predicted octanol–water partition coefficient (Wildman–Crippen LogP) is 2.36. The number of Topliss-reactive ketones (excluding diaryl/α,β-unsaturated/α-hetero) is 1. The van der Waals surface area contributed by atoms with E-state index in [2.05, 4.69) is 20.9 Å². The minimum atomic E-state index is -0.0153. The number of aryl methyl sites for hydroxylation is 1. The molecule has 29 heavy (non-hydrogen) atoms. The van der Waals surface area contributed by atoms with Gasteiger partial charge in [-0.25, -0.2) is 4.98 Å². The van der Waals surface area contributed by atoms with Gasteiger partial charge in [0.1, 0.15) is 5.69 Å². The highest BCUT2D eigenvalue weighted by atomic mass is 16.2. The van der Waals surface area contributed by atoms with Gasteiger partial charge in [-0.2, -0.15) is 0 Å². The second-order valence-corrected chi connectivity index (χ2v) is 7.40. The van der Waals surface area contributed by atoms with Crippen LogP contribution < -0.4 is 4.90 Å². The Balaban J connectivity index is 1.29. The van der Waals surface area contributed by atoms with E-state index in [0.717, 1.165) is 42.0 Å². The summed E-state index contributed by atoms with van der Waals surface area (Å²) in [7, 11) is 0. The molecule has 7 nitrogen and oxygen atoms in total. The van der Waals surface area contributed by atoms with Crippen LogP contribution in [-0.2, 0) is 6.42 Å². The minimum absolute atomic E-state index is 0.0153. The lowest BCUT2D eigenvalue weighted by Gasteiger charge is -2.36. The number of piperazine rings is 1. The summed E-state index contributed by atoms with van der Waals surface area (Å²) in [5.74, 6) is 0.228. The largest absolute Gasteiger partial charge is 0.368 e. The van der Waals surface area contributed by atoms with Crippen molar-refractivity contribution in [3.63, 3.8) is 0 Å². The number of rotatable bonds is 3. The van der Waals surface area contributed by atoms with Crippen LogP contribution in [0.25, 0.3) is 5.69 Å². The van der Waals surface area contributed by atoms with Crippen molar-refractivity contribution in [3.05, 3.63) is 72.1 Å². The van der Waals surface area contributed by atoms with E-state index in [1.54, 1.807) is 29.5 Å². The Kier molecular flexibility index (Phi) is 4.35. The third kappa shape index (κ3) is 3.18. The van der Waals surface area contributed by atoms with Gasteiger partial charge in [-0.1, -0.05) is 0 Å². The van der Waals surface area contributed by atoms with Gasteiger partial charge in [0, 0.05) is 56.2 Å².